The van der Waals surface area contributed by atoms with Crippen LogP contribution in [0.25, 0.3) is 0 Å². The number of benzene rings is 1. The molecule has 0 fully saturated rings. The Kier molecular flexibility index (Phi) is 5.86. The fraction of sp³-hybridized carbons (Fsp3) is 0.538. The maximum Gasteiger partial charge on any atom is 0.118 e. The molecule has 1 aromatic carbocycles. The molecular weight excluding hydrogens is 188 g/mol. The van der Waals surface area contributed by atoms with E-state index < -0.39 is 0 Å². The zero-order valence-corrected chi connectivity index (χ0v) is 9.41. The molecule has 84 valence electrons. The summed E-state index contributed by atoms with van der Waals surface area (Å²) in [5, 5.41) is 9.53. The number of ether oxygens (including phenoxy) is 1. The van der Waals surface area contributed by atoms with E-state index in [1.807, 2.05) is 25.1 Å². The first kappa shape index (κ1) is 12.1. The summed E-state index contributed by atoms with van der Waals surface area (Å²) in [5.41, 5.74) is 1.05. The highest BCUT2D eigenvalue weighted by Crippen LogP contribution is 2.18. The average Bonchev–Trinajstić information content (AvgIpc) is 2.25. The van der Waals surface area contributed by atoms with E-state index in [0.29, 0.717) is 5.75 Å². The van der Waals surface area contributed by atoms with E-state index in [0.717, 1.165) is 44.5 Å². The molecule has 0 aliphatic carbocycles. The third kappa shape index (κ3) is 4.84. The molecule has 2 heteroatoms. The number of aryl methyl sites for hydroxylation is 1. The number of aromatic hydroxyl groups is 1. The van der Waals surface area contributed by atoms with Crippen LogP contribution in [0, 0.1) is 0 Å². The van der Waals surface area contributed by atoms with Crippen molar-refractivity contribution in [2.45, 2.75) is 32.6 Å². The summed E-state index contributed by atoms with van der Waals surface area (Å²) in [6, 6.07) is 7.55. The van der Waals surface area contributed by atoms with Crippen molar-refractivity contribution < 1.29 is 9.84 Å². The second-order valence-corrected chi connectivity index (χ2v) is 3.64. The minimum atomic E-state index is 0.419. The largest absolute Gasteiger partial charge is 0.508 e. The summed E-state index contributed by atoms with van der Waals surface area (Å²) in [7, 11) is 0. The molecule has 0 heterocycles. The Labute approximate surface area is 91.9 Å². The Morgan fingerprint density at radius 2 is 1.93 bits per heavy atom. The average molecular weight is 208 g/mol. The lowest BCUT2D eigenvalue weighted by molar-refractivity contribution is 0.143. The van der Waals surface area contributed by atoms with E-state index in [1.54, 1.807) is 6.07 Å². The Morgan fingerprint density at radius 1 is 1.13 bits per heavy atom. The summed E-state index contributed by atoms with van der Waals surface area (Å²) in [6.45, 7) is 3.68. The number of rotatable bonds is 7. The quantitative estimate of drug-likeness (QED) is 0.697. The first-order valence-corrected chi connectivity index (χ1v) is 5.69. The molecule has 1 aromatic rings. The van der Waals surface area contributed by atoms with E-state index >= 15 is 0 Å². The molecule has 0 saturated carbocycles. The maximum atomic E-state index is 9.53. The van der Waals surface area contributed by atoms with Gasteiger partial charge in [-0.2, -0.15) is 0 Å². The van der Waals surface area contributed by atoms with Crippen molar-refractivity contribution >= 4 is 0 Å². The van der Waals surface area contributed by atoms with E-state index in [2.05, 4.69) is 0 Å². The number of hydrogen-bond donors (Lipinski definition) is 1. The lowest BCUT2D eigenvalue weighted by Gasteiger charge is -2.04. The van der Waals surface area contributed by atoms with Crippen molar-refractivity contribution in [2.24, 2.45) is 0 Å². The molecule has 0 atom stereocenters. The lowest BCUT2D eigenvalue weighted by atomic mass is 10.1. The highest BCUT2D eigenvalue weighted by molar-refractivity contribution is 5.31. The van der Waals surface area contributed by atoms with Crippen LogP contribution in [0.2, 0.25) is 0 Å². The Morgan fingerprint density at radius 3 is 2.67 bits per heavy atom. The standard InChI is InChI=1S/C13H20O2/c1-2-15-11-7-3-4-8-12-9-5-6-10-13(12)14/h5-6,9-10,14H,2-4,7-8,11H2,1H3. The van der Waals surface area contributed by atoms with Crippen LogP contribution >= 0.6 is 0 Å². The number of hydrogen-bond acceptors (Lipinski definition) is 2. The first-order valence-electron chi connectivity index (χ1n) is 5.69. The second kappa shape index (κ2) is 7.30. The van der Waals surface area contributed by atoms with Crippen molar-refractivity contribution in [1.82, 2.24) is 0 Å². The van der Waals surface area contributed by atoms with Crippen molar-refractivity contribution in [2.75, 3.05) is 13.2 Å². The van der Waals surface area contributed by atoms with Crippen LogP contribution in [0.1, 0.15) is 31.7 Å². The van der Waals surface area contributed by atoms with Gasteiger partial charge in [0.05, 0.1) is 0 Å². The van der Waals surface area contributed by atoms with Crippen molar-refractivity contribution in [3.63, 3.8) is 0 Å². The molecule has 0 aliphatic heterocycles. The van der Waals surface area contributed by atoms with Crippen LogP contribution in [0.3, 0.4) is 0 Å². The molecule has 1 rings (SSSR count). The molecule has 0 bridgehead atoms. The fourth-order valence-electron chi connectivity index (χ4n) is 1.56. The molecule has 0 unspecified atom stereocenters. The zero-order chi connectivity index (χ0) is 10.9. The molecule has 2 nitrogen and oxygen atoms in total. The van der Waals surface area contributed by atoms with Gasteiger partial charge in [-0.25, -0.2) is 0 Å². The summed E-state index contributed by atoms with van der Waals surface area (Å²) < 4.78 is 5.26. The lowest BCUT2D eigenvalue weighted by Crippen LogP contribution is -1.94. The van der Waals surface area contributed by atoms with Gasteiger partial charge in [0, 0.05) is 13.2 Å². The van der Waals surface area contributed by atoms with Gasteiger partial charge in [-0.15, -0.1) is 0 Å². The van der Waals surface area contributed by atoms with Crippen LogP contribution in [0.4, 0.5) is 0 Å². The monoisotopic (exact) mass is 208 g/mol. The predicted octanol–water partition coefficient (Wildman–Crippen LogP) is 3.14. The highest BCUT2D eigenvalue weighted by Gasteiger charge is 1.98. The third-order valence-corrected chi connectivity index (χ3v) is 2.43. The molecule has 1 N–H and O–H groups in total. The molecular formula is C13H20O2. The number of phenols is 1. The van der Waals surface area contributed by atoms with Crippen molar-refractivity contribution in [3.8, 4) is 5.75 Å². The zero-order valence-electron chi connectivity index (χ0n) is 9.41. The molecule has 15 heavy (non-hydrogen) atoms. The minimum Gasteiger partial charge on any atom is -0.508 e. The first-order chi connectivity index (χ1) is 7.34. The van der Waals surface area contributed by atoms with Crippen molar-refractivity contribution in [1.29, 1.82) is 0 Å². The van der Waals surface area contributed by atoms with Gasteiger partial charge in [0.25, 0.3) is 0 Å². The Bertz CT molecular complexity index is 271. The number of phenolic OH excluding ortho intramolecular Hbond substituents is 1. The maximum absolute atomic E-state index is 9.53. The molecule has 0 saturated heterocycles. The van der Waals surface area contributed by atoms with Gasteiger partial charge < -0.3 is 9.84 Å². The van der Waals surface area contributed by atoms with E-state index in [9.17, 15) is 5.11 Å². The van der Waals surface area contributed by atoms with Gasteiger partial charge in [0.15, 0.2) is 0 Å². The van der Waals surface area contributed by atoms with Crippen LogP contribution in [-0.4, -0.2) is 18.3 Å². The molecule has 0 aromatic heterocycles. The third-order valence-electron chi connectivity index (χ3n) is 2.43. The van der Waals surface area contributed by atoms with Gasteiger partial charge >= 0.3 is 0 Å². The van der Waals surface area contributed by atoms with E-state index in [1.165, 1.54) is 0 Å². The summed E-state index contributed by atoms with van der Waals surface area (Å²) in [5.74, 6) is 0.419. The summed E-state index contributed by atoms with van der Waals surface area (Å²) in [4.78, 5) is 0. The topological polar surface area (TPSA) is 29.5 Å². The second-order valence-electron chi connectivity index (χ2n) is 3.64. The molecule has 0 aliphatic rings. The highest BCUT2D eigenvalue weighted by atomic mass is 16.5. The van der Waals surface area contributed by atoms with E-state index in [-0.39, 0.29) is 0 Å². The van der Waals surface area contributed by atoms with Gasteiger partial charge in [-0.1, -0.05) is 24.6 Å². The normalized spacial score (nSPS) is 10.5. The molecule has 0 radical (unpaired) electrons. The van der Waals surface area contributed by atoms with Crippen LogP contribution in [0.15, 0.2) is 24.3 Å². The SMILES string of the molecule is CCOCCCCCc1ccccc1O. The van der Waals surface area contributed by atoms with Crippen molar-refractivity contribution in [3.05, 3.63) is 29.8 Å². The van der Waals surface area contributed by atoms with Gasteiger partial charge in [0.1, 0.15) is 5.75 Å². The predicted molar refractivity (Wildman–Crippen MR) is 62.2 cm³/mol. The number of para-hydroxylation sites is 1. The van der Waals surface area contributed by atoms with E-state index in [4.69, 9.17) is 4.74 Å². The van der Waals surface area contributed by atoms with Gasteiger partial charge in [-0.05, 0) is 37.8 Å². The van der Waals surface area contributed by atoms with Gasteiger partial charge in [0.2, 0.25) is 0 Å². The molecule has 0 amide bonds. The summed E-state index contributed by atoms with van der Waals surface area (Å²) >= 11 is 0. The van der Waals surface area contributed by atoms with Crippen LogP contribution in [0.5, 0.6) is 5.75 Å². The fourth-order valence-corrected chi connectivity index (χ4v) is 1.56. The number of unbranched alkanes of at least 4 members (excludes halogenated alkanes) is 2. The van der Waals surface area contributed by atoms with Gasteiger partial charge in [-0.3, -0.25) is 0 Å². The van der Waals surface area contributed by atoms with Crippen LogP contribution in [-0.2, 0) is 11.2 Å². The smallest absolute Gasteiger partial charge is 0.118 e. The Balaban J connectivity index is 2.12. The Hall–Kier alpha value is -1.02. The molecule has 0 spiro atoms. The minimum absolute atomic E-state index is 0.419. The summed E-state index contributed by atoms with van der Waals surface area (Å²) in [6.07, 6.45) is 4.35. The van der Waals surface area contributed by atoms with Crippen LogP contribution < -0.4 is 0 Å².